The number of pyridine rings is 1. The van der Waals surface area contributed by atoms with Gasteiger partial charge in [-0.05, 0) is 31.2 Å². The van der Waals surface area contributed by atoms with Crippen molar-refractivity contribution >= 4 is 11.8 Å². The zero-order valence-electron chi connectivity index (χ0n) is 14.5. The maximum absolute atomic E-state index is 13.6. The monoisotopic (exact) mass is 405 g/mol. The van der Waals surface area contributed by atoms with Crippen molar-refractivity contribution in [2.75, 3.05) is 18.4 Å². The zero-order valence-corrected chi connectivity index (χ0v) is 14.5. The average Bonchev–Trinajstić information content (AvgIpc) is 2.62. The van der Waals surface area contributed by atoms with E-state index < -0.39 is 36.5 Å². The molecule has 0 unspecified atom stereocenters. The number of benzene rings is 1. The number of halogens is 5. The van der Waals surface area contributed by atoms with Crippen molar-refractivity contribution in [2.24, 2.45) is 0 Å². The quantitative estimate of drug-likeness (QED) is 0.715. The Bertz CT molecular complexity index is 815. The van der Waals surface area contributed by atoms with Crippen LogP contribution in [0.4, 0.5) is 32.6 Å². The van der Waals surface area contributed by atoms with Crippen LogP contribution in [0.5, 0.6) is 11.5 Å². The van der Waals surface area contributed by atoms with Crippen molar-refractivity contribution in [1.82, 2.24) is 9.88 Å². The van der Waals surface area contributed by atoms with Crippen molar-refractivity contribution in [2.45, 2.75) is 19.2 Å². The molecule has 11 heteroatoms. The number of rotatable bonds is 6. The first-order chi connectivity index (χ1) is 13.1. The SMILES string of the molecule is CCN(C[C@@H](O)C(F)(F)F)C(=O)Nc1ccc(Oc2ccc(F)cc2F)cn1. The normalized spacial score (nSPS) is 12.4. The number of aliphatic hydroxyl groups is 1. The number of alkyl halides is 3. The molecule has 1 heterocycles. The van der Waals surface area contributed by atoms with E-state index in [0.717, 1.165) is 23.2 Å². The van der Waals surface area contributed by atoms with E-state index in [1.54, 1.807) is 0 Å². The number of hydrogen-bond donors (Lipinski definition) is 2. The molecular formula is C17H16F5N3O3. The Morgan fingerprint density at radius 1 is 1.29 bits per heavy atom. The van der Waals surface area contributed by atoms with E-state index in [9.17, 15) is 26.7 Å². The Morgan fingerprint density at radius 3 is 2.54 bits per heavy atom. The molecule has 1 aromatic carbocycles. The van der Waals surface area contributed by atoms with E-state index in [-0.39, 0.29) is 23.9 Å². The number of nitrogens with zero attached hydrogens (tertiary/aromatic N) is 2. The highest BCUT2D eigenvalue weighted by atomic mass is 19.4. The fourth-order valence-electron chi connectivity index (χ4n) is 2.06. The van der Waals surface area contributed by atoms with E-state index in [0.29, 0.717) is 6.07 Å². The summed E-state index contributed by atoms with van der Waals surface area (Å²) in [6.07, 6.45) is -6.38. The van der Waals surface area contributed by atoms with Gasteiger partial charge < -0.3 is 14.7 Å². The molecule has 6 nitrogen and oxygen atoms in total. The molecule has 2 rings (SSSR count). The van der Waals surface area contributed by atoms with Crippen LogP contribution in [0.15, 0.2) is 36.5 Å². The van der Waals surface area contributed by atoms with Gasteiger partial charge in [0.15, 0.2) is 17.7 Å². The maximum Gasteiger partial charge on any atom is 0.416 e. The van der Waals surface area contributed by atoms with Crippen LogP contribution in [0.3, 0.4) is 0 Å². The number of likely N-dealkylation sites (N-methyl/N-ethyl adjacent to an activating group) is 1. The van der Waals surface area contributed by atoms with Crippen molar-refractivity contribution in [3.63, 3.8) is 0 Å². The third-order valence-corrected chi connectivity index (χ3v) is 3.53. The van der Waals surface area contributed by atoms with Crippen LogP contribution >= 0.6 is 0 Å². The molecular weight excluding hydrogens is 389 g/mol. The van der Waals surface area contributed by atoms with Crippen molar-refractivity contribution in [3.8, 4) is 11.5 Å². The molecule has 2 aromatic rings. The Hall–Kier alpha value is -2.95. The Morgan fingerprint density at radius 2 is 2.00 bits per heavy atom. The standard InChI is InChI=1S/C17H16F5N3O3/c1-2-25(9-14(26)17(20,21)22)16(27)24-15-6-4-11(8-23-15)28-13-5-3-10(18)7-12(13)19/h3-8,14,26H,2,9H2,1H3,(H,23,24,27)/t14-/m1/s1. The number of carbonyl (C=O) groups is 1. The highest BCUT2D eigenvalue weighted by Gasteiger charge is 2.39. The summed E-state index contributed by atoms with van der Waals surface area (Å²) in [7, 11) is 0. The van der Waals surface area contributed by atoms with E-state index >= 15 is 0 Å². The Kier molecular flexibility index (Phi) is 6.73. The van der Waals surface area contributed by atoms with Gasteiger partial charge in [0.25, 0.3) is 0 Å². The van der Waals surface area contributed by atoms with Crippen LogP contribution < -0.4 is 10.1 Å². The Labute approximate surface area is 156 Å². The molecule has 0 spiro atoms. The molecule has 0 aliphatic rings. The lowest BCUT2D eigenvalue weighted by Crippen LogP contribution is -2.45. The topological polar surface area (TPSA) is 74.7 Å². The highest BCUT2D eigenvalue weighted by molar-refractivity contribution is 5.88. The number of aliphatic hydroxyl groups excluding tert-OH is 1. The van der Waals surface area contributed by atoms with Gasteiger partial charge >= 0.3 is 12.2 Å². The highest BCUT2D eigenvalue weighted by Crippen LogP contribution is 2.25. The molecule has 0 aliphatic heterocycles. The molecule has 0 bridgehead atoms. The van der Waals surface area contributed by atoms with Crippen LogP contribution in [-0.4, -0.2) is 46.4 Å². The zero-order chi connectivity index (χ0) is 20.9. The summed E-state index contributed by atoms with van der Waals surface area (Å²) < 4.78 is 68.9. The molecule has 0 saturated heterocycles. The molecule has 0 radical (unpaired) electrons. The minimum absolute atomic E-state index is 0.00289. The molecule has 0 aliphatic carbocycles. The van der Waals surface area contributed by atoms with Gasteiger partial charge in [0.2, 0.25) is 0 Å². The van der Waals surface area contributed by atoms with Crippen LogP contribution in [0.25, 0.3) is 0 Å². The number of ether oxygens (including phenoxy) is 1. The van der Waals surface area contributed by atoms with Crippen molar-refractivity contribution in [1.29, 1.82) is 0 Å². The summed E-state index contributed by atoms with van der Waals surface area (Å²) in [5.74, 6) is -1.84. The molecule has 152 valence electrons. The van der Waals surface area contributed by atoms with Gasteiger partial charge in [-0.1, -0.05) is 0 Å². The predicted molar refractivity (Wildman–Crippen MR) is 89.0 cm³/mol. The van der Waals surface area contributed by atoms with E-state index in [2.05, 4.69) is 10.3 Å². The van der Waals surface area contributed by atoms with Gasteiger partial charge in [-0.2, -0.15) is 13.2 Å². The number of urea groups is 1. The van der Waals surface area contributed by atoms with E-state index in [1.807, 2.05) is 0 Å². The predicted octanol–water partition coefficient (Wildman–Crippen LogP) is 3.93. The summed E-state index contributed by atoms with van der Waals surface area (Å²) in [5.41, 5.74) is 0. The lowest BCUT2D eigenvalue weighted by Gasteiger charge is -2.25. The number of nitrogens with one attached hydrogen (secondary N) is 1. The van der Waals surface area contributed by atoms with Crippen molar-refractivity contribution < 1.29 is 36.6 Å². The first-order valence-electron chi connectivity index (χ1n) is 7.99. The second-order valence-corrected chi connectivity index (χ2v) is 5.58. The Balaban J connectivity index is 1.99. The number of anilines is 1. The molecule has 2 amide bonds. The first-order valence-corrected chi connectivity index (χ1v) is 7.99. The first kappa shape index (κ1) is 21.4. The second-order valence-electron chi connectivity index (χ2n) is 5.58. The average molecular weight is 405 g/mol. The smallest absolute Gasteiger partial charge is 0.416 e. The van der Waals surface area contributed by atoms with Crippen molar-refractivity contribution in [3.05, 3.63) is 48.2 Å². The summed E-state index contributed by atoms with van der Waals surface area (Å²) in [5, 5.41) is 11.4. The summed E-state index contributed by atoms with van der Waals surface area (Å²) in [4.78, 5) is 16.6. The molecule has 2 N–H and O–H groups in total. The van der Waals surface area contributed by atoms with Gasteiger partial charge in [0.1, 0.15) is 17.4 Å². The largest absolute Gasteiger partial charge is 0.453 e. The summed E-state index contributed by atoms with van der Waals surface area (Å²) in [6, 6.07) is 4.46. The fraction of sp³-hybridized carbons (Fsp3) is 0.294. The lowest BCUT2D eigenvalue weighted by atomic mass is 10.3. The van der Waals surface area contributed by atoms with Gasteiger partial charge in [-0.3, -0.25) is 5.32 Å². The molecule has 0 saturated carbocycles. The van der Waals surface area contributed by atoms with Gasteiger partial charge in [0, 0.05) is 12.6 Å². The molecule has 1 atom stereocenters. The minimum atomic E-state index is -4.85. The van der Waals surface area contributed by atoms with Gasteiger partial charge in [0.05, 0.1) is 12.7 Å². The van der Waals surface area contributed by atoms with Crippen LogP contribution in [0, 0.1) is 11.6 Å². The van der Waals surface area contributed by atoms with Crippen LogP contribution in [0.1, 0.15) is 6.92 Å². The van der Waals surface area contributed by atoms with E-state index in [1.165, 1.54) is 19.1 Å². The second kappa shape index (κ2) is 8.83. The number of amides is 2. The number of aromatic nitrogens is 1. The van der Waals surface area contributed by atoms with Gasteiger partial charge in [-0.15, -0.1) is 0 Å². The maximum atomic E-state index is 13.6. The number of hydrogen-bond acceptors (Lipinski definition) is 4. The third-order valence-electron chi connectivity index (χ3n) is 3.53. The summed E-state index contributed by atoms with van der Waals surface area (Å²) in [6.45, 7) is 0.436. The fourth-order valence-corrected chi connectivity index (χ4v) is 2.06. The third kappa shape index (κ3) is 5.78. The lowest BCUT2D eigenvalue weighted by molar-refractivity contribution is -0.206. The molecule has 28 heavy (non-hydrogen) atoms. The summed E-state index contributed by atoms with van der Waals surface area (Å²) >= 11 is 0. The minimum Gasteiger partial charge on any atom is -0.453 e. The number of carbonyl (C=O) groups excluding carboxylic acids is 1. The van der Waals surface area contributed by atoms with E-state index in [4.69, 9.17) is 9.84 Å². The van der Waals surface area contributed by atoms with Crippen LogP contribution in [0.2, 0.25) is 0 Å². The van der Waals surface area contributed by atoms with Gasteiger partial charge in [-0.25, -0.2) is 18.6 Å². The molecule has 1 aromatic heterocycles. The molecule has 0 fully saturated rings. The van der Waals surface area contributed by atoms with Crippen LogP contribution in [-0.2, 0) is 0 Å².